The van der Waals surface area contributed by atoms with Crippen LogP contribution in [0.4, 0.5) is 5.69 Å². The number of methoxy groups -OCH3 is 1. The molecule has 0 aliphatic heterocycles. The maximum Gasteiger partial charge on any atom is 0.142 e. The number of benzene rings is 1. The van der Waals surface area contributed by atoms with Crippen molar-refractivity contribution in [3.05, 3.63) is 23.8 Å². The second kappa shape index (κ2) is 4.89. The third-order valence-electron chi connectivity index (χ3n) is 2.30. The van der Waals surface area contributed by atoms with Gasteiger partial charge in [0.15, 0.2) is 0 Å². The van der Waals surface area contributed by atoms with Gasteiger partial charge in [-0.3, -0.25) is 0 Å². The molecule has 2 nitrogen and oxygen atoms in total. The van der Waals surface area contributed by atoms with Crippen molar-refractivity contribution < 1.29 is 4.74 Å². The smallest absolute Gasteiger partial charge is 0.142 e. The number of nitrogens with zero attached hydrogens (tertiary/aromatic N) is 1. The van der Waals surface area contributed by atoms with Crippen LogP contribution in [0.1, 0.15) is 18.9 Å². The van der Waals surface area contributed by atoms with Crippen molar-refractivity contribution in [2.45, 2.75) is 20.3 Å². The Kier molecular flexibility index (Phi) is 3.81. The van der Waals surface area contributed by atoms with Crippen LogP contribution < -0.4 is 9.64 Å². The quantitative estimate of drug-likeness (QED) is 0.729. The van der Waals surface area contributed by atoms with Gasteiger partial charge in [-0.25, -0.2) is 0 Å². The van der Waals surface area contributed by atoms with Crippen LogP contribution in [0.25, 0.3) is 0 Å². The lowest BCUT2D eigenvalue weighted by atomic mass is 10.2. The Morgan fingerprint density at radius 2 is 2.07 bits per heavy atom. The molecule has 0 amide bonds. The van der Waals surface area contributed by atoms with E-state index in [-0.39, 0.29) is 0 Å². The zero-order chi connectivity index (χ0) is 10.6. The van der Waals surface area contributed by atoms with E-state index in [4.69, 9.17) is 4.74 Å². The van der Waals surface area contributed by atoms with Crippen LogP contribution in [0.15, 0.2) is 18.2 Å². The van der Waals surface area contributed by atoms with E-state index in [9.17, 15) is 0 Å². The fraction of sp³-hybridized carbons (Fsp3) is 0.500. The van der Waals surface area contributed by atoms with Gasteiger partial charge >= 0.3 is 0 Å². The van der Waals surface area contributed by atoms with E-state index in [1.165, 1.54) is 11.3 Å². The second-order valence-corrected chi connectivity index (χ2v) is 3.60. The highest BCUT2D eigenvalue weighted by atomic mass is 16.5. The Morgan fingerprint density at radius 3 is 2.64 bits per heavy atom. The predicted octanol–water partition coefficient (Wildman–Crippen LogP) is 2.85. The lowest BCUT2D eigenvalue weighted by Gasteiger charge is -2.21. The molecule has 14 heavy (non-hydrogen) atoms. The minimum Gasteiger partial charge on any atom is -0.495 e. The number of rotatable bonds is 4. The Labute approximate surface area is 86.5 Å². The van der Waals surface area contributed by atoms with Gasteiger partial charge in [-0.15, -0.1) is 0 Å². The molecule has 0 saturated heterocycles. The van der Waals surface area contributed by atoms with Crippen LogP contribution in [-0.2, 0) is 0 Å². The van der Waals surface area contributed by atoms with E-state index in [2.05, 4.69) is 37.9 Å². The molecule has 1 aromatic carbocycles. The van der Waals surface area contributed by atoms with Crippen LogP contribution in [0.5, 0.6) is 5.75 Å². The number of hydrogen-bond acceptors (Lipinski definition) is 2. The topological polar surface area (TPSA) is 12.5 Å². The van der Waals surface area contributed by atoms with Crippen LogP contribution >= 0.6 is 0 Å². The maximum atomic E-state index is 5.33. The normalized spacial score (nSPS) is 10.0. The van der Waals surface area contributed by atoms with Crippen LogP contribution in [0.2, 0.25) is 0 Å². The third-order valence-corrected chi connectivity index (χ3v) is 2.30. The van der Waals surface area contributed by atoms with Crippen molar-refractivity contribution >= 4 is 5.69 Å². The number of aryl methyl sites for hydroxylation is 1. The first-order valence-corrected chi connectivity index (χ1v) is 5.04. The van der Waals surface area contributed by atoms with Gasteiger partial charge in [0.1, 0.15) is 5.75 Å². The summed E-state index contributed by atoms with van der Waals surface area (Å²) >= 11 is 0. The van der Waals surface area contributed by atoms with Gasteiger partial charge in [0.2, 0.25) is 0 Å². The molecule has 0 saturated carbocycles. The Balaban J connectivity index is 2.97. The Bertz CT molecular complexity index is 296. The molecule has 1 rings (SSSR count). The van der Waals surface area contributed by atoms with Crippen molar-refractivity contribution in [3.8, 4) is 5.75 Å². The zero-order valence-electron chi connectivity index (χ0n) is 9.50. The van der Waals surface area contributed by atoms with E-state index < -0.39 is 0 Å². The van der Waals surface area contributed by atoms with Crippen molar-refractivity contribution in [1.29, 1.82) is 0 Å². The minimum absolute atomic E-state index is 0.951. The number of hydrogen-bond donors (Lipinski definition) is 0. The molecule has 0 N–H and O–H groups in total. The molecule has 0 aliphatic carbocycles. The summed E-state index contributed by atoms with van der Waals surface area (Å²) < 4.78 is 5.33. The molecular formula is C12H19NO. The molecule has 78 valence electrons. The summed E-state index contributed by atoms with van der Waals surface area (Å²) in [4.78, 5) is 2.23. The molecule has 0 unspecified atom stereocenters. The molecule has 0 aromatic heterocycles. The summed E-state index contributed by atoms with van der Waals surface area (Å²) in [6.07, 6.45) is 1.15. The van der Waals surface area contributed by atoms with Gasteiger partial charge < -0.3 is 9.64 Å². The van der Waals surface area contributed by atoms with Crippen molar-refractivity contribution in [1.82, 2.24) is 0 Å². The molecule has 0 spiro atoms. The highest BCUT2D eigenvalue weighted by Gasteiger charge is 2.06. The fourth-order valence-corrected chi connectivity index (χ4v) is 1.55. The van der Waals surface area contributed by atoms with Crippen LogP contribution in [-0.4, -0.2) is 20.7 Å². The summed E-state index contributed by atoms with van der Waals surface area (Å²) in [5, 5.41) is 0. The maximum absolute atomic E-state index is 5.33. The van der Waals surface area contributed by atoms with Gasteiger partial charge in [-0.2, -0.15) is 0 Å². The summed E-state index contributed by atoms with van der Waals surface area (Å²) in [5.74, 6) is 0.951. The Morgan fingerprint density at radius 1 is 1.36 bits per heavy atom. The summed E-state index contributed by atoms with van der Waals surface area (Å²) in [6.45, 7) is 5.33. The first kappa shape index (κ1) is 10.9. The van der Waals surface area contributed by atoms with Crippen molar-refractivity contribution in [3.63, 3.8) is 0 Å². The first-order chi connectivity index (χ1) is 6.69. The van der Waals surface area contributed by atoms with E-state index in [1.807, 2.05) is 6.07 Å². The largest absolute Gasteiger partial charge is 0.495 e. The highest BCUT2D eigenvalue weighted by Crippen LogP contribution is 2.28. The fourth-order valence-electron chi connectivity index (χ4n) is 1.55. The Hall–Kier alpha value is -1.18. The van der Waals surface area contributed by atoms with Crippen LogP contribution in [0.3, 0.4) is 0 Å². The summed E-state index contributed by atoms with van der Waals surface area (Å²) in [5.41, 5.74) is 2.44. The van der Waals surface area contributed by atoms with Gasteiger partial charge in [-0.05, 0) is 31.0 Å². The molecule has 0 bridgehead atoms. The van der Waals surface area contributed by atoms with Gasteiger partial charge in [0.05, 0.1) is 12.8 Å². The van der Waals surface area contributed by atoms with Gasteiger partial charge in [0, 0.05) is 13.6 Å². The molecule has 0 heterocycles. The third kappa shape index (κ3) is 2.41. The highest BCUT2D eigenvalue weighted by molar-refractivity contribution is 5.59. The monoisotopic (exact) mass is 193 g/mol. The van der Waals surface area contributed by atoms with Crippen LogP contribution in [0, 0.1) is 6.92 Å². The SMILES string of the molecule is CCCN(C)c1cc(C)ccc1OC. The van der Waals surface area contributed by atoms with Crippen molar-refractivity contribution in [2.75, 3.05) is 25.6 Å². The number of anilines is 1. The molecular weight excluding hydrogens is 174 g/mol. The van der Waals surface area contributed by atoms with E-state index in [1.54, 1.807) is 7.11 Å². The van der Waals surface area contributed by atoms with Crippen molar-refractivity contribution in [2.24, 2.45) is 0 Å². The standard InChI is InChI=1S/C12H19NO/c1-5-8-13(3)11-9-10(2)6-7-12(11)14-4/h6-7,9H,5,8H2,1-4H3. The minimum atomic E-state index is 0.951. The lowest BCUT2D eigenvalue weighted by Crippen LogP contribution is -2.18. The molecule has 2 heteroatoms. The second-order valence-electron chi connectivity index (χ2n) is 3.60. The first-order valence-electron chi connectivity index (χ1n) is 5.04. The predicted molar refractivity (Wildman–Crippen MR) is 61.3 cm³/mol. The molecule has 0 atom stereocenters. The summed E-state index contributed by atoms with van der Waals surface area (Å²) in [6, 6.07) is 6.26. The molecule has 1 aromatic rings. The van der Waals surface area contributed by atoms with E-state index in [0.717, 1.165) is 18.7 Å². The van der Waals surface area contributed by atoms with Gasteiger partial charge in [0.25, 0.3) is 0 Å². The summed E-state index contributed by atoms with van der Waals surface area (Å²) in [7, 11) is 3.81. The van der Waals surface area contributed by atoms with Gasteiger partial charge in [-0.1, -0.05) is 13.0 Å². The van der Waals surface area contributed by atoms with E-state index in [0.29, 0.717) is 0 Å². The number of ether oxygens (including phenoxy) is 1. The lowest BCUT2D eigenvalue weighted by molar-refractivity contribution is 0.414. The average Bonchev–Trinajstić information content (AvgIpc) is 2.18. The molecule has 0 fully saturated rings. The average molecular weight is 193 g/mol. The molecule has 0 aliphatic rings. The molecule has 0 radical (unpaired) electrons. The zero-order valence-corrected chi connectivity index (χ0v) is 9.50. The van der Waals surface area contributed by atoms with E-state index >= 15 is 0 Å².